The van der Waals surface area contributed by atoms with Crippen molar-refractivity contribution in [2.45, 2.75) is 12.4 Å². The molecule has 1 aromatic carbocycles. The second-order valence-corrected chi connectivity index (χ2v) is 5.94. The zero-order valence-electron chi connectivity index (χ0n) is 13.6. The molecule has 0 aliphatic heterocycles. The second-order valence-electron chi connectivity index (χ2n) is 5.94. The predicted molar refractivity (Wildman–Crippen MR) is 86.6 cm³/mol. The third-order valence-corrected chi connectivity index (χ3v) is 4.09. The third kappa shape index (κ3) is 2.98. The Labute approximate surface area is 151 Å². The molecule has 3 heterocycles. The lowest BCUT2D eigenvalue weighted by Crippen LogP contribution is -2.12. The van der Waals surface area contributed by atoms with Gasteiger partial charge in [-0.3, -0.25) is 9.78 Å². The zero-order valence-corrected chi connectivity index (χ0v) is 13.6. The quantitative estimate of drug-likeness (QED) is 0.487. The monoisotopic (exact) mass is 398 g/mol. The molecule has 11 heteroatoms. The van der Waals surface area contributed by atoms with Gasteiger partial charge >= 0.3 is 12.4 Å². The topological polar surface area (TPSA) is 63.0 Å². The summed E-state index contributed by atoms with van der Waals surface area (Å²) in [6.07, 6.45) is -8.31. The van der Waals surface area contributed by atoms with Gasteiger partial charge in [0.2, 0.25) is 0 Å². The number of aromatic nitrogens is 4. The van der Waals surface area contributed by atoms with E-state index in [-0.39, 0.29) is 27.8 Å². The molecule has 0 bridgehead atoms. The molecule has 0 aliphatic carbocycles. The number of alkyl halides is 6. The second kappa shape index (κ2) is 5.81. The van der Waals surface area contributed by atoms with Gasteiger partial charge in [0.05, 0.1) is 22.2 Å². The Kier molecular flexibility index (Phi) is 3.74. The minimum Gasteiger partial charge on any atom is -0.306 e. The SMILES string of the molecule is O=c1[nH]c2cc(-c3ccnc(C(F)(F)F)c3)nn2c2ccc(C(F)(F)F)cc12. The number of hydrogen-bond acceptors (Lipinski definition) is 3. The molecular weight excluding hydrogens is 390 g/mol. The summed E-state index contributed by atoms with van der Waals surface area (Å²) in [5, 5.41) is 3.89. The van der Waals surface area contributed by atoms with Gasteiger partial charge in [0.25, 0.3) is 5.56 Å². The summed E-state index contributed by atoms with van der Waals surface area (Å²) in [5.74, 6) is 0. The highest BCUT2D eigenvalue weighted by Crippen LogP contribution is 2.32. The van der Waals surface area contributed by atoms with Crippen molar-refractivity contribution in [2.24, 2.45) is 0 Å². The third-order valence-electron chi connectivity index (χ3n) is 4.09. The van der Waals surface area contributed by atoms with Gasteiger partial charge in [-0.15, -0.1) is 0 Å². The largest absolute Gasteiger partial charge is 0.433 e. The number of halogens is 6. The number of pyridine rings is 1. The lowest BCUT2D eigenvalue weighted by atomic mass is 10.1. The number of hydrogen-bond donors (Lipinski definition) is 1. The molecule has 0 aliphatic rings. The highest BCUT2D eigenvalue weighted by Gasteiger charge is 2.33. The van der Waals surface area contributed by atoms with Crippen molar-refractivity contribution in [1.82, 2.24) is 19.6 Å². The minimum absolute atomic E-state index is 0.0862. The summed E-state index contributed by atoms with van der Waals surface area (Å²) in [6, 6.07) is 6.02. The van der Waals surface area contributed by atoms with Crippen LogP contribution < -0.4 is 5.56 Å². The van der Waals surface area contributed by atoms with Crippen molar-refractivity contribution in [3.63, 3.8) is 0 Å². The maximum Gasteiger partial charge on any atom is 0.433 e. The van der Waals surface area contributed by atoms with Crippen LogP contribution in [0.1, 0.15) is 11.3 Å². The van der Waals surface area contributed by atoms with E-state index in [2.05, 4.69) is 15.1 Å². The zero-order chi connectivity index (χ0) is 20.3. The molecular formula is C17H8F6N4O. The fourth-order valence-electron chi connectivity index (χ4n) is 2.80. The van der Waals surface area contributed by atoms with Crippen LogP contribution in [0, 0.1) is 0 Å². The van der Waals surface area contributed by atoms with Crippen LogP contribution in [0.2, 0.25) is 0 Å². The van der Waals surface area contributed by atoms with Crippen LogP contribution >= 0.6 is 0 Å². The van der Waals surface area contributed by atoms with E-state index in [9.17, 15) is 31.1 Å². The average molecular weight is 398 g/mol. The first-order chi connectivity index (χ1) is 13.0. The van der Waals surface area contributed by atoms with E-state index < -0.39 is 29.2 Å². The summed E-state index contributed by atoms with van der Waals surface area (Å²) in [5.41, 5.74) is -2.49. The van der Waals surface area contributed by atoms with Crippen molar-refractivity contribution in [2.75, 3.05) is 0 Å². The van der Waals surface area contributed by atoms with Gasteiger partial charge in [-0.2, -0.15) is 31.4 Å². The van der Waals surface area contributed by atoms with Crippen LogP contribution in [0.25, 0.3) is 27.8 Å². The minimum atomic E-state index is -4.65. The molecule has 0 spiro atoms. The summed E-state index contributed by atoms with van der Waals surface area (Å²) >= 11 is 0. The van der Waals surface area contributed by atoms with Crippen molar-refractivity contribution in [3.05, 3.63) is 64.2 Å². The normalized spacial score (nSPS) is 12.8. The van der Waals surface area contributed by atoms with Gasteiger partial charge in [-0.25, -0.2) is 4.52 Å². The van der Waals surface area contributed by atoms with Gasteiger partial charge in [0, 0.05) is 17.8 Å². The van der Waals surface area contributed by atoms with Crippen LogP contribution in [0.3, 0.4) is 0 Å². The number of fused-ring (bicyclic) bond motifs is 3. The van der Waals surface area contributed by atoms with Crippen molar-refractivity contribution < 1.29 is 26.3 Å². The lowest BCUT2D eigenvalue weighted by molar-refractivity contribution is -0.141. The Morgan fingerprint density at radius 2 is 1.68 bits per heavy atom. The fourth-order valence-corrected chi connectivity index (χ4v) is 2.80. The number of H-pyrrole nitrogens is 1. The van der Waals surface area contributed by atoms with Crippen molar-refractivity contribution >= 4 is 16.6 Å². The Hall–Kier alpha value is -3.37. The summed E-state index contributed by atoms with van der Waals surface area (Å²) in [7, 11) is 0. The molecule has 144 valence electrons. The number of rotatable bonds is 1. The van der Waals surface area contributed by atoms with Crippen LogP contribution in [-0.4, -0.2) is 19.6 Å². The maximum atomic E-state index is 12.9. The Morgan fingerprint density at radius 3 is 2.36 bits per heavy atom. The molecule has 0 fully saturated rings. The molecule has 3 aromatic heterocycles. The first-order valence-corrected chi connectivity index (χ1v) is 7.71. The first-order valence-electron chi connectivity index (χ1n) is 7.71. The Bertz CT molecular complexity index is 1270. The number of nitrogens with zero attached hydrogens (tertiary/aromatic N) is 3. The predicted octanol–water partition coefficient (Wildman–Crippen LogP) is 4.28. The van der Waals surface area contributed by atoms with Gasteiger partial charge in [0.1, 0.15) is 11.3 Å². The number of benzene rings is 1. The highest BCUT2D eigenvalue weighted by molar-refractivity contribution is 5.82. The molecule has 0 saturated heterocycles. The summed E-state index contributed by atoms with van der Waals surface area (Å²) in [4.78, 5) is 17.8. The number of aromatic amines is 1. The highest BCUT2D eigenvalue weighted by atomic mass is 19.4. The molecule has 1 N–H and O–H groups in total. The molecule has 5 nitrogen and oxygen atoms in total. The van der Waals surface area contributed by atoms with Gasteiger partial charge in [-0.05, 0) is 30.3 Å². The maximum absolute atomic E-state index is 12.9. The van der Waals surface area contributed by atoms with E-state index in [1.165, 1.54) is 16.6 Å². The van der Waals surface area contributed by atoms with Crippen LogP contribution in [0.4, 0.5) is 26.3 Å². The van der Waals surface area contributed by atoms with Gasteiger partial charge < -0.3 is 4.98 Å². The standard InChI is InChI=1S/C17H8F6N4O/c18-16(19,20)9-1-2-12-10(6-9)15(28)25-14-7-11(26-27(12)14)8-3-4-24-13(5-8)17(21,22)23/h1-7H,(H,25,28). The Balaban J connectivity index is 1.93. The van der Waals surface area contributed by atoms with Crippen molar-refractivity contribution in [3.8, 4) is 11.3 Å². The fraction of sp³-hybridized carbons (Fsp3) is 0.118. The molecule has 0 amide bonds. The Morgan fingerprint density at radius 1 is 0.929 bits per heavy atom. The van der Waals surface area contributed by atoms with Crippen LogP contribution in [0.5, 0.6) is 0 Å². The molecule has 4 rings (SSSR count). The summed E-state index contributed by atoms with van der Waals surface area (Å²) < 4.78 is 78.4. The van der Waals surface area contributed by atoms with Crippen molar-refractivity contribution in [1.29, 1.82) is 0 Å². The van der Waals surface area contributed by atoms with Gasteiger partial charge in [-0.1, -0.05) is 0 Å². The van der Waals surface area contributed by atoms with E-state index in [0.717, 1.165) is 24.4 Å². The van der Waals surface area contributed by atoms with E-state index in [1.54, 1.807) is 0 Å². The smallest absolute Gasteiger partial charge is 0.306 e. The molecule has 0 radical (unpaired) electrons. The van der Waals surface area contributed by atoms with E-state index in [1.807, 2.05) is 0 Å². The molecule has 4 aromatic rings. The summed E-state index contributed by atoms with van der Waals surface area (Å²) in [6.45, 7) is 0. The number of nitrogens with one attached hydrogen (secondary N) is 1. The van der Waals surface area contributed by atoms with E-state index >= 15 is 0 Å². The first kappa shape index (κ1) is 18.0. The van der Waals surface area contributed by atoms with Crippen LogP contribution in [0.15, 0.2) is 47.4 Å². The van der Waals surface area contributed by atoms with Gasteiger partial charge in [0.15, 0.2) is 0 Å². The van der Waals surface area contributed by atoms with Crippen LogP contribution in [-0.2, 0) is 12.4 Å². The molecule has 0 unspecified atom stereocenters. The van der Waals surface area contributed by atoms with E-state index in [4.69, 9.17) is 0 Å². The lowest BCUT2D eigenvalue weighted by Gasteiger charge is -2.08. The molecule has 0 saturated carbocycles. The molecule has 28 heavy (non-hydrogen) atoms. The molecule has 0 atom stereocenters. The van der Waals surface area contributed by atoms with E-state index in [0.29, 0.717) is 6.07 Å². The average Bonchev–Trinajstić information content (AvgIpc) is 3.04.